The van der Waals surface area contributed by atoms with Crippen molar-refractivity contribution in [1.29, 1.82) is 0 Å². The fourth-order valence-electron chi connectivity index (χ4n) is 1.73. The molecule has 0 heterocycles. The van der Waals surface area contributed by atoms with Crippen LogP contribution in [0.25, 0.3) is 0 Å². The molecular weight excluding hydrogens is 307 g/mol. The number of hydrogen-bond acceptors (Lipinski definition) is 1. The first-order valence-electron chi connectivity index (χ1n) is 5.60. The average Bonchev–Trinajstić information content (AvgIpc) is 2.45. The number of rotatable bonds is 3. The van der Waals surface area contributed by atoms with Gasteiger partial charge in [0.2, 0.25) is 0 Å². The Labute approximate surface area is 131 Å². The Morgan fingerprint density at radius 1 is 1.29 bits per heavy atom. The molecule has 0 saturated carbocycles. The van der Waals surface area contributed by atoms with Crippen molar-refractivity contribution in [3.05, 3.63) is 21.6 Å². The Kier molecular flexibility index (Phi) is 9.76. The van der Waals surface area contributed by atoms with E-state index < -0.39 is 8.80 Å². The zero-order chi connectivity index (χ0) is 11.6. The number of ether oxygens (including phenoxy) is 1. The summed E-state index contributed by atoms with van der Waals surface area (Å²) in [7, 11) is -0.808. The van der Waals surface area contributed by atoms with E-state index in [-0.39, 0.29) is 30.4 Å². The number of halogens is 2. The second-order valence-electron chi connectivity index (χ2n) is 5.44. The molecule has 1 unspecified atom stereocenters. The third-order valence-electron chi connectivity index (χ3n) is 2.36. The number of allylic oxidation sites excluding steroid dienone is 2. The summed E-state index contributed by atoms with van der Waals surface area (Å²) in [6.45, 7) is 11.2. The van der Waals surface area contributed by atoms with Crippen molar-refractivity contribution >= 4 is 8.80 Å². The first kappa shape index (κ1) is 20.3. The van der Waals surface area contributed by atoms with Crippen molar-refractivity contribution in [3.8, 4) is 0 Å². The predicted octanol–water partition coefficient (Wildman–Crippen LogP) is -3.04. The van der Waals surface area contributed by atoms with Gasteiger partial charge in [-0.05, 0) is 0 Å². The Morgan fingerprint density at radius 2 is 1.82 bits per heavy atom. The summed E-state index contributed by atoms with van der Waals surface area (Å²) in [5.41, 5.74) is 1.79. The third kappa shape index (κ3) is 6.61. The number of hydrogen-bond donors (Lipinski definition) is 0. The molecule has 17 heavy (non-hydrogen) atoms. The van der Waals surface area contributed by atoms with Crippen LogP contribution in [0.5, 0.6) is 0 Å². The maximum Gasteiger partial charge on any atom is -1.00 e. The molecule has 1 aliphatic rings. The van der Waals surface area contributed by atoms with Gasteiger partial charge in [-0.1, -0.05) is 0 Å². The molecule has 0 N–H and O–H groups in total. The molecule has 0 aliphatic heterocycles. The largest absolute Gasteiger partial charge is 1.00 e. The summed E-state index contributed by atoms with van der Waals surface area (Å²) in [5, 5.41) is 0. The van der Waals surface area contributed by atoms with Crippen LogP contribution in [0.3, 0.4) is 0 Å². The molecule has 1 rings (SSSR count). The van der Waals surface area contributed by atoms with Gasteiger partial charge in [0, 0.05) is 0 Å². The first-order valence-corrected chi connectivity index (χ1v) is 9.36. The Balaban J connectivity index is 0. The Hall–Kier alpha value is 0.951. The molecule has 1 atom stereocenters. The fraction of sp³-hybridized carbons (Fsp3) is 0.667. The van der Waals surface area contributed by atoms with Crippen LogP contribution >= 0.6 is 0 Å². The van der Waals surface area contributed by atoms with E-state index in [4.69, 9.17) is 4.74 Å². The van der Waals surface area contributed by atoms with Crippen molar-refractivity contribution < 1.29 is 50.0 Å². The van der Waals surface area contributed by atoms with Crippen molar-refractivity contribution in [2.75, 3.05) is 0 Å². The molecule has 1 aliphatic carbocycles. The van der Waals surface area contributed by atoms with Crippen LogP contribution in [0, 0.1) is 0 Å². The standard InChI is InChI=1S/C12H21OSi.2ClH.Ti/c1-12(2,3)13-11(14(4)5)10-8-6-7-9-10;;;/h6,8,11,14H,7H2,1-5H3;2*1H;/q;;;+2/p-2. The van der Waals surface area contributed by atoms with Gasteiger partial charge >= 0.3 is 107 Å². The maximum absolute atomic E-state index is 6.21. The molecule has 0 amide bonds. The van der Waals surface area contributed by atoms with Crippen molar-refractivity contribution in [3.63, 3.8) is 0 Å². The van der Waals surface area contributed by atoms with Gasteiger partial charge in [0.05, 0.1) is 0 Å². The molecule has 0 aromatic carbocycles. The molecule has 0 fully saturated rings. The van der Waals surface area contributed by atoms with Crippen LogP contribution in [-0.4, -0.2) is 20.1 Å². The van der Waals surface area contributed by atoms with Gasteiger partial charge < -0.3 is 24.8 Å². The second-order valence-corrected chi connectivity index (χ2v) is 9.47. The molecule has 0 spiro atoms. The monoisotopic (exact) mass is 327 g/mol. The molecule has 0 aromatic heterocycles. The molecule has 5 heteroatoms. The third-order valence-corrected chi connectivity index (χ3v) is 4.84. The molecule has 97 valence electrons. The van der Waals surface area contributed by atoms with Gasteiger partial charge in [0.1, 0.15) is 0 Å². The summed E-state index contributed by atoms with van der Waals surface area (Å²) in [6, 6.07) is 0. The molecule has 0 bridgehead atoms. The van der Waals surface area contributed by atoms with Gasteiger partial charge in [0.15, 0.2) is 0 Å². The fourth-order valence-corrected chi connectivity index (χ4v) is 4.24. The van der Waals surface area contributed by atoms with Gasteiger partial charge in [-0.25, -0.2) is 0 Å². The van der Waals surface area contributed by atoms with Crippen molar-refractivity contribution in [1.82, 2.24) is 0 Å². The van der Waals surface area contributed by atoms with Crippen LogP contribution < -0.4 is 24.8 Å². The summed E-state index contributed by atoms with van der Waals surface area (Å²) in [5.74, 6) is 0. The van der Waals surface area contributed by atoms with Crippen LogP contribution in [-0.2, 0) is 25.2 Å². The minimum atomic E-state index is -0.808. The molecular formula is C12H21Cl2OSiTi. The topological polar surface area (TPSA) is 9.23 Å². The Bertz CT molecular complexity index is 295. The summed E-state index contributed by atoms with van der Waals surface area (Å²) >= 11 is 2.23. The molecule has 0 aromatic rings. The normalized spacial score (nSPS) is 16.9. The van der Waals surface area contributed by atoms with E-state index in [2.05, 4.69) is 66.5 Å². The molecule has 1 nitrogen and oxygen atoms in total. The zero-order valence-corrected chi connectivity index (χ0v) is 15.4. The van der Waals surface area contributed by atoms with E-state index in [0.29, 0.717) is 5.73 Å². The average molecular weight is 328 g/mol. The van der Waals surface area contributed by atoms with E-state index in [9.17, 15) is 0 Å². The van der Waals surface area contributed by atoms with Crippen LogP contribution in [0.2, 0.25) is 13.1 Å². The van der Waals surface area contributed by atoms with Crippen LogP contribution in [0.4, 0.5) is 0 Å². The Morgan fingerprint density at radius 3 is 2.12 bits per heavy atom. The minimum Gasteiger partial charge on any atom is -1.00 e. The van der Waals surface area contributed by atoms with E-state index in [1.165, 1.54) is 9.45 Å². The first-order chi connectivity index (χ1) is 6.81. The van der Waals surface area contributed by atoms with Crippen molar-refractivity contribution in [2.45, 2.75) is 51.6 Å². The maximum atomic E-state index is 6.21. The van der Waals surface area contributed by atoms with Gasteiger partial charge in [-0.3, -0.25) is 0 Å². The second kappa shape index (κ2) is 8.19. The van der Waals surface area contributed by atoms with E-state index in [0.717, 1.165) is 6.42 Å². The van der Waals surface area contributed by atoms with Crippen molar-refractivity contribution in [2.24, 2.45) is 0 Å². The summed E-state index contributed by atoms with van der Waals surface area (Å²) < 4.78 is 7.70. The smallest absolute Gasteiger partial charge is 1.00 e. The molecule has 0 radical (unpaired) electrons. The summed E-state index contributed by atoms with van der Waals surface area (Å²) in [6.07, 6.45) is 5.62. The molecule has 0 saturated heterocycles. The quantitative estimate of drug-likeness (QED) is 0.501. The predicted molar refractivity (Wildman–Crippen MR) is 64.3 cm³/mol. The van der Waals surface area contributed by atoms with Crippen LogP contribution in [0.1, 0.15) is 27.2 Å². The summed E-state index contributed by atoms with van der Waals surface area (Å²) in [4.78, 5) is 0. The van der Waals surface area contributed by atoms with E-state index in [1.807, 2.05) is 0 Å². The van der Waals surface area contributed by atoms with E-state index in [1.54, 1.807) is 0 Å². The van der Waals surface area contributed by atoms with E-state index >= 15 is 0 Å². The zero-order valence-electron chi connectivity index (χ0n) is 11.2. The minimum absolute atomic E-state index is 0. The SMILES string of the molecule is C[SiH](C)C(OC(C)(C)C)C1=[C]([Ti+2])CC=C1.[Cl-].[Cl-]. The van der Waals surface area contributed by atoms with Gasteiger partial charge in [0.25, 0.3) is 0 Å². The van der Waals surface area contributed by atoms with Gasteiger partial charge in [-0.2, -0.15) is 0 Å². The van der Waals surface area contributed by atoms with Crippen LogP contribution in [0.15, 0.2) is 21.6 Å². The van der Waals surface area contributed by atoms with Gasteiger partial charge in [-0.15, -0.1) is 0 Å².